The number of aliphatic hydroxyl groups is 1. The standard InChI is InChI=1S/C13H22N2O3/c1-13(18,9-5-6-9)8-11(16)15-7-3-4-10(15)12(17)14-2/h9-10,18H,3-8H2,1-2H3,(H,14,17). The zero-order valence-electron chi connectivity index (χ0n) is 11.1. The van der Waals surface area contributed by atoms with Crippen LogP contribution in [0.2, 0.25) is 0 Å². The van der Waals surface area contributed by atoms with E-state index in [1.54, 1.807) is 18.9 Å². The van der Waals surface area contributed by atoms with E-state index < -0.39 is 5.60 Å². The Balaban J connectivity index is 1.97. The number of amides is 2. The molecular formula is C13H22N2O3. The van der Waals surface area contributed by atoms with Gasteiger partial charge in [0.2, 0.25) is 11.8 Å². The van der Waals surface area contributed by atoms with Gasteiger partial charge in [-0.05, 0) is 38.5 Å². The van der Waals surface area contributed by atoms with Crippen molar-refractivity contribution in [2.45, 2.75) is 50.7 Å². The summed E-state index contributed by atoms with van der Waals surface area (Å²) in [6, 6.07) is -0.350. The van der Waals surface area contributed by atoms with Crippen molar-refractivity contribution in [3.63, 3.8) is 0 Å². The molecule has 0 aromatic rings. The smallest absolute Gasteiger partial charge is 0.242 e. The van der Waals surface area contributed by atoms with Crippen LogP contribution in [-0.4, -0.2) is 47.1 Å². The van der Waals surface area contributed by atoms with Gasteiger partial charge in [-0.1, -0.05) is 0 Å². The summed E-state index contributed by atoms with van der Waals surface area (Å²) in [4.78, 5) is 25.5. The molecule has 2 atom stereocenters. The van der Waals surface area contributed by atoms with Crippen LogP contribution in [-0.2, 0) is 9.59 Å². The summed E-state index contributed by atoms with van der Waals surface area (Å²) in [6.07, 6.45) is 3.70. The summed E-state index contributed by atoms with van der Waals surface area (Å²) < 4.78 is 0. The number of rotatable bonds is 4. The first kappa shape index (κ1) is 13.3. The molecule has 1 aliphatic heterocycles. The van der Waals surface area contributed by atoms with Gasteiger partial charge < -0.3 is 15.3 Å². The molecule has 0 aromatic heterocycles. The fourth-order valence-electron chi connectivity index (χ4n) is 2.76. The Morgan fingerprint density at radius 1 is 1.39 bits per heavy atom. The average molecular weight is 254 g/mol. The molecule has 2 N–H and O–H groups in total. The van der Waals surface area contributed by atoms with Crippen LogP contribution in [0.15, 0.2) is 0 Å². The normalized spacial score (nSPS) is 26.8. The molecule has 5 heteroatoms. The van der Waals surface area contributed by atoms with E-state index in [4.69, 9.17) is 0 Å². The van der Waals surface area contributed by atoms with Crippen molar-refractivity contribution in [1.29, 1.82) is 0 Å². The maximum absolute atomic E-state index is 12.2. The maximum Gasteiger partial charge on any atom is 0.242 e. The van der Waals surface area contributed by atoms with E-state index in [1.165, 1.54) is 0 Å². The summed E-state index contributed by atoms with van der Waals surface area (Å²) in [6.45, 7) is 2.35. The molecule has 2 unspecified atom stereocenters. The van der Waals surface area contributed by atoms with Crippen LogP contribution in [0.25, 0.3) is 0 Å². The quantitative estimate of drug-likeness (QED) is 0.757. The van der Waals surface area contributed by atoms with Crippen molar-refractivity contribution in [2.24, 2.45) is 5.92 Å². The van der Waals surface area contributed by atoms with Crippen molar-refractivity contribution >= 4 is 11.8 Å². The van der Waals surface area contributed by atoms with Crippen molar-refractivity contribution in [3.8, 4) is 0 Å². The van der Waals surface area contributed by atoms with E-state index in [9.17, 15) is 14.7 Å². The molecule has 2 aliphatic rings. The highest BCUT2D eigenvalue weighted by Crippen LogP contribution is 2.41. The molecule has 1 heterocycles. The fraction of sp³-hybridized carbons (Fsp3) is 0.846. The Morgan fingerprint density at radius 2 is 2.06 bits per heavy atom. The van der Waals surface area contributed by atoms with Crippen LogP contribution >= 0.6 is 0 Å². The van der Waals surface area contributed by atoms with Crippen LogP contribution in [0.3, 0.4) is 0 Å². The van der Waals surface area contributed by atoms with Crippen LogP contribution in [0.5, 0.6) is 0 Å². The van der Waals surface area contributed by atoms with Gasteiger partial charge in [0.1, 0.15) is 6.04 Å². The molecule has 18 heavy (non-hydrogen) atoms. The first-order chi connectivity index (χ1) is 8.45. The molecule has 2 fully saturated rings. The lowest BCUT2D eigenvalue weighted by atomic mass is 9.95. The molecule has 0 aromatic carbocycles. The lowest BCUT2D eigenvalue weighted by Gasteiger charge is -2.28. The minimum atomic E-state index is -0.910. The topological polar surface area (TPSA) is 69.6 Å². The molecule has 5 nitrogen and oxygen atoms in total. The van der Waals surface area contributed by atoms with Crippen LogP contribution in [0, 0.1) is 5.92 Å². The Hall–Kier alpha value is -1.10. The van der Waals surface area contributed by atoms with Gasteiger partial charge in [0.05, 0.1) is 12.0 Å². The van der Waals surface area contributed by atoms with Gasteiger partial charge in [-0.25, -0.2) is 0 Å². The largest absolute Gasteiger partial charge is 0.389 e. The predicted octanol–water partition coefficient (Wildman–Crippen LogP) is 0.274. The number of hydrogen-bond donors (Lipinski definition) is 2. The highest BCUT2D eigenvalue weighted by Gasteiger charge is 2.43. The summed E-state index contributed by atoms with van der Waals surface area (Å²) in [5.74, 6) is 0.0485. The van der Waals surface area contributed by atoms with E-state index in [2.05, 4.69) is 5.32 Å². The molecule has 0 bridgehead atoms. The van der Waals surface area contributed by atoms with Crippen LogP contribution < -0.4 is 5.32 Å². The SMILES string of the molecule is CNC(=O)C1CCCN1C(=O)CC(C)(O)C1CC1. The third-order valence-electron chi connectivity index (χ3n) is 4.09. The molecule has 102 valence electrons. The second kappa shape index (κ2) is 4.88. The van der Waals surface area contributed by atoms with E-state index in [-0.39, 0.29) is 30.2 Å². The lowest BCUT2D eigenvalue weighted by molar-refractivity contribution is -0.142. The molecule has 2 rings (SSSR count). The minimum absolute atomic E-state index is 0.0991. The zero-order chi connectivity index (χ0) is 13.3. The van der Waals surface area contributed by atoms with Gasteiger partial charge in [-0.15, -0.1) is 0 Å². The number of hydrogen-bond acceptors (Lipinski definition) is 3. The molecular weight excluding hydrogens is 232 g/mol. The first-order valence-electron chi connectivity index (χ1n) is 6.69. The number of nitrogens with zero attached hydrogens (tertiary/aromatic N) is 1. The number of carbonyl (C=O) groups excluding carboxylic acids is 2. The Morgan fingerprint density at radius 3 is 2.61 bits per heavy atom. The molecule has 1 aliphatic carbocycles. The molecule has 1 saturated carbocycles. The van der Waals surface area contributed by atoms with Gasteiger partial charge in [-0.2, -0.15) is 0 Å². The number of likely N-dealkylation sites (N-methyl/N-ethyl adjacent to an activating group) is 1. The number of nitrogens with one attached hydrogen (secondary N) is 1. The predicted molar refractivity (Wildman–Crippen MR) is 66.8 cm³/mol. The number of carbonyl (C=O) groups is 2. The van der Waals surface area contributed by atoms with Crippen molar-refractivity contribution in [3.05, 3.63) is 0 Å². The first-order valence-corrected chi connectivity index (χ1v) is 6.69. The zero-order valence-corrected chi connectivity index (χ0v) is 11.1. The molecule has 2 amide bonds. The van der Waals surface area contributed by atoms with E-state index in [1.807, 2.05) is 0 Å². The lowest BCUT2D eigenvalue weighted by Crippen LogP contribution is -2.47. The van der Waals surface area contributed by atoms with Crippen molar-refractivity contribution < 1.29 is 14.7 Å². The van der Waals surface area contributed by atoms with Gasteiger partial charge in [-0.3, -0.25) is 9.59 Å². The fourth-order valence-corrected chi connectivity index (χ4v) is 2.76. The van der Waals surface area contributed by atoms with Gasteiger partial charge >= 0.3 is 0 Å². The van der Waals surface area contributed by atoms with Crippen molar-refractivity contribution in [1.82, 2.24) is 10.2 Å². The third-order valence-corrected chi connectivity index (χ3v) is 4.09. The second-order valence-electron chi connectivity index (χ2n) is 5.67. The molecule has 0 radical (unpaired) electrons. The van der Waals surface area contributed by atoms with E-state index in [0.29, 0.717) is 6.54 Å². The Bertz CT molecular complexity index is 350. The molecule has 0 spiro atoms. The second-order valence-corrected chi connectivity index (χ2v) is 5.67. The minimum Gasteiger partial charge on any atom is -0.389 e. The molecule has 1 saturated heterocycles. The summed E-state index contributed by atoms with van der Waals surface area (Å²) >= 11 is 0. The Labute approximate surface area is 108 Å². The third kappa shape index (κ3) is 2.66. The van der Waals surface area contributed by atoms with Gasteiger partial charge in [0.25, 0.3) is 0 Å². The maximum atomic E-state index is 12.2. The number of likely N-dealkylation sites (tertiary alicyclic amines) is 1. The summed E-state index contributed by atoms with van der Waals surface area (Å²) in [5, 5.41) is 12.8. The van der Waals surface area contributed by atoms with E-state index >= 15 is 0 Å². The highest BCUT2D eigenvalue weighted by atomic mass is 16.3. The Kier molecular flexibility index (Phi) is 3.61. The van der Waals surface area contributed by atoms with Crippen LogP contribution in [0.4, 0.5) is 0 Å². The van der Waals surface area contributed by atoms with Crippen molar-refractivity contribution in [2.75, 3.05) is 13.6 Å². The van der Waals surface area contributed by atoms with E-state index in [0.717, 1.165) is 25.7 Å². The van der Waals surface area contributed by atoms with Gasteiger partial charge in [0.15, 0.2) is 0 Å². The van der Waals surface area contributed by atoms with Crippen LogP contribution in [0.1, 0.15) is 39.0 Å². The summed E-state index contributed by atoms with van der Waals surface area (Å²) in [5.41, 5.74) is -0.910. The highest BCUT2D eigenvalue weighted by molar-refractivity contribution is 5.88. The monoisotopic (exact) mass is 254 g/mol. The average Bonchev–Trinajstić information content (AvgIpc) is 3.06. The van der Waals surface area contributed by atoms with Gasteiger partial charge in [0, 0.05) is 13.6 Å². The summed E-state index contributed by atoms with van der Waals surface area (Å²) in [7, 11) is 1.59.